The number of aromatic amines is 1. The zero-order valence-corrected chi connectivity index (χ0v) is 17.9. The van der Waals surface area contributed by atoms with Gasteiger partial charge in [-0.05, 0) is 48.0 Å². The van der Waals surface area contributed by atoms with E-state index >= 15 is 0 Å². The van der Waals surface area contributed by atoms with Crippen LogP contribution in [0.2, 0.25) is 0 Å². The number of aromatic nitrogens is 3. The average Bonchev–Trinajstić information content (AvgIpc) is 3.30. The zero-order chi connectivity index (χ0) is 22.9. The van der Waals surface area contributed by atoms with Crippen LogP contribution in [0.4, 0.5) is 5.69 Å². The van der Waals surface area contributed by atoms with Crippen molar-refractivity contribution in [2.24, 2.45) is 0 Å². The number of hydrogen-bond acceptors (Lipinski definition) is 5. The lowest BCUT2D eigenvalue weighted by molar-refractivity contribution is 0.0973. The number of amides is 1. The second kappa shape index (κ2) is 8.40. The number of rotatable bonds is 5. The molecule has 166 valence electrons. The second-order valence-corrected chi connectivity index (χ2v) is 7.78. The van der Waals surface area contributed by atoms with Crippen LogP contribution in [0.3, 0.4) is 0 Å². The second-order valence-electron chi connectivity index (χ2n) is 7.78. The number of aliphatic hydroxyl groups is 1. The molecular weight excluding hydrogens is 420 g/mol. The van der Waals surface area contributed by atoms with Crippen LogP contribution < -0.4 is 15.2 Å². The Morgan fingerprint density at radius 3 is 2.42 bits per heavy atom. The molecule has 2 N–H and O–H groups in total. The normalized spacial score (nSPS) is 15.4. The Bertz CT molecular complexity index is 1360. The summed E-state index contributed by atoms with van der Waals surface area (Å²) < 4.78 is 6.82. The summed E-state index contributed by atoms with van der Waals surface area (Å²) in [5, 5.41) is 16.8. The molecule has 8 nitrogen and oxygen atoms in total. The molecule has 3 heterocycles. The predicted molar refractivity (Wildman–Crippen MR) is 123 cm³/mol. The van der Waals surface area contributed by atoms with Crippen molar-refractivity contribution in [3.05, 3.63) is 106 Å². The number of carbonyl (C=O) groups excluding carboxylic acids is 1. The van der Waals surface area contributed by atoms with Crippen LogP contribution in [-0.2, 0) is 6.61 Å². The molecule has 0 saturated heterocycles. The zero-order valence-electron chi connectivity index (χ0n) is 17.9. The molecular formula is C25H22N4O4. The van der Waals surface area contributed by atoms with E-state index < -0.39 is 0 Å². The monoisotopic (exact) mass is 442 g/mol. The van der Waals surface area contributed by atoms with Crippen LogP contribution in [0.25, 0.3) is 5.69 Å². The van der Waals surface area contributed by atoms with Crippen LogP contribution in [0.5, 0.6) is 5.75 Å². The number of nitrogens with zero attached hydrogens (tertiary/aromatic N) is 3. The molecule has 1 unspecified atom stereocenters. The smallest absolute Gasteiger partial charge is 0.276 e. The molecule has 1 amide bonds. The van der Waals surface area contributed by atoms with Gasteiger partial charge in [0.15, 0.2) is 0 Å². The van der Waals surface area contributed by atoms with E-state index in [1.165, 1.54) is 6.07 Å². The molecule has 1 aliphatic rings. The van der Waals surface area contributed by atoms with Crippen molar-refractivity contribution in [2.75, 3.05) is 18.6 Å². The van der Waals surface area contributed by atoms with Crippen molar-refractivity contribution in [1.82, 2.24) is 14.8 Å². The van der Waals surface area contributed by atoms with E-state index in [0.29, 0.717) is 29.3 Å². The van der Waals surface area contributed by atoms with E-state index in [4.69, 9.17) is 4.74 Å². The third-order valence-electron chi connectivity index (χ3n) is 5.99. The van der Waals surface area contributed by atoms with Gasteiger partial charge in [0.05, 0.1) is 19.4 Å². The van der Waals surface area contributed by atoms with Gasteiger partial charge in [-0.25, -0.2) is 0 Å². The van der Waals surface area contributed by atoms with Gasteiger partial charge in [0.1, 0.15) is 11.4 Å². The molecule has 0 aliphatic carbocycles. The highest BCUT2D eigenvalue weighted by Crippen LogP contribution is 2.37. The van der Waals surface area contributed by atoms with Gasteiger partial charge < -0.3 is 14.7 Å². The van der Waals surface area contributed by atoms with Gasteiger partial charge in [-0.3, -0.25) is 19.3 Å². The van der Waals surface area contributed by atoms with E-state index in [1.807, 2.05) is 48.5 Å². The number of carbonyl (C=O) groups is 1. The highest BCUT2D eigenvalue weighted by molar-refractivity contribution is 6.07. The number of hydrogen-bond donors (Lipinski definition) is 2. The minimum atomic E-state index is -0.258. The molecule has 2 aromatic carbocycles. The van der Waals surface area contributed by atoms with Gasteiger partial charge >= 0.3 is 0 Å². The number of methoxy groups -OCH3 is 1. The number of nitrogens with one attached hydrogen (secondary N) is 1. The van der Waals surface area contributed by atoms with Crippen molar-refractivity contribution >= 4 is 11.6 Å². The fourth-order valence-electron chi connectivity index (χ4n) is 4.30. The number of aliphatic hydroxyl groups excluding tert-OH is 1. The maximum Gasteiger partial charge on any atom is 0.276 e. The number of pyridine rings is 1. The number of fused-ring (bicyclic) bond motifs is 1. The molecule has 0 bridgehead atoms. The Morgan fingerprint density at radius 1 is 1.03 bits per heavy atom. The molecule has 8 heteroatoms. The van der Waals surface area contributed by atoms with Crippen LogP contribution in [0, 0.1) is 0 Å². The maximum absolute atomic E-state index is 13.3. The standard InChI is InChI=1S/C25H22N4O4/c1-33-19-11-5-16(6-12-19)20-14-29(25(32)24-23(20)21(15-30)26-27-24)18-9-7-17(8-10-18)28-13-3-2-4-22(28)31/h2-13,20,30H,14-15H2,1H3,(H,26,27). The summed E-state index contributed by atoms with van der Waals surface area (Å²) >= 11 is 0. The summed E-state index contributed by atoms with van der Waals surface area (Å²) in [5.74, 6) is 0.344. The van der Waals surface area contributed by atoms with Gasteiger partial charge in [-0.1, -0.05) is 18.2 Å². The summed E-state index contributed by atoms with van der Waals surface area (Å²) in [6, 6.07) is 19.9. The van der Waals surface area contributed by atoms with E-state index in [-0.39, 0.29) is 24.0 Å². The van der Waals surface area contributed by atoms with Gasteiger partial charge in [0, 0.05) is 41.7 Å². The summed E-state index contributed by atoms with van der Waals surface area (Å²) in [6.07, 6.45) is 1.70. The number of ether oxygens (including phenoxy) is 1. The fourth-order valence-corrected chi connectivity index (χ4v) is 4.30. The molecule has 4 aromatic rings. The SMILES string of the molecule is COc1ccc(C2CN(c3ccc(-n4ccccc4=O)cc3)C(=O)c3[nH]nc(CO)c32)cc1. The lowest BCUT2D eigenvalue weighted by atomic mass is 9.85. The number of H-pyrrole nitrogens is 1. The predicted octanol–water partition coefficient (Wildman–Crippen LogP) is 2.85. The highest BCUT2D eigenvalue weighted by Gasteiger charge is 2.37. The summed E-state index contributed by atoms with van der Waals surface area (Å²) in [4.78, 5) is 27.1. The molecule has 0 spiro atoms. The topological polar surface area (TPSA) is 100 Å². The minimum Gasteiger partial charge on any atom is -0.497 e. The van der Waals surface area contributed by atoms with Crippen LogP contribution in [0.1, 0.15) is 33.2 Å². The molecule has 33 heavy (non-hydrogen) atoms. The molecule has 0 radical (unpaired) electrons. The first-order chi connectivity index (χ1) is 16.1. The Kier molecular flexibility index (Phi) is 5.27. The van der Waals surface area contributed by atoms with Crippen molar-refractivity contribution in [2.45, 2.75) is 12.5 Å². The van der Waals surface area contributed by atoms with Crippen molar-refractivity contribution < 1.29 is 14.6 Å². The summed E-state index contributed by atoms with van der Waals surface area (Å²) in [5.41, 5.74) is 3.83. The summed E-state index contributed by atoms with van der Waals surface area (Å²) in [7, 11) is 1.61. The summed E-state index contributed by atoms with van der Waals surface area (Å²) in [6.45, 7) is 0.127. The fraction of sp³-hybridized carbons (Fsp3) is 0.160. The van der Waals surface area contributed by atoms with E-state index in [1.54, 1.807) is 34.9 Å². The van der Waals surface area contributed by atoms with Gasteiger partial charge in [-0.2, -0.15) is 5.10 Å². The van der Waals surface area contributed by atoms with Gasteiger partial charge in [0.25, 0.3) is 11.5 Å². The molecule has 0 fully saturated rings. The largest absolute Gasteiger partial charge is 0.497 e. The third kappa shape index (κ3) is 3.60. The van der Waals surface area contributed by atoms with Gasteiger partial charge in [0.2, 0.25) is 0 Å². The molecule has 5 rings (SSSR count). The minimum absolute atomic E-state index is 0.127. The number of anilines is 1. The molecule has 0 saturated carbocycles. The lowest BCUT2D eigenvalue weighted by Crippen LogP contribution is -2.40. The molecule has 2 aromatic heterocycles. The molecule has 1 atom stereocenters. The quantitative estimate of drug-likeness (QED) is 0.495. The maximum atomic E-state index is 13.3. The number of benzene rings is 2. The lowest BCUT2D eigenvalue weighted by Gasteiger charge is -2.33. The van der Waals surface area contributed by atoms with Crippen LogP contribution >= 0.6 is 0 Å². The van der Waals surface area contributed by atoms with E-state index in [9.17, 15) is 14.7 Å². The van der Waals surface area contributed by atoms with E-state index in [2.05, 4.69) is 10.2 Å². The molecule has 1 aliphatic heterocycles. The van der Waals surface area contributed by atoms with Crippen molar-refractivity contribution in [3.8, 4) is 11.4 Å². The van der Waals surface area contributed by atoms with Crippen molar-refractivity contribution in [3.63, 3.8) is 0 Å². The van der Waals surface area contributed by atoms with Crippen LogP contribution in [-0.4, -0.2) is 39.4 Å². The first kappa shape index (κ1) is 20.7. The average molecular weight is 442 g/mol. The van der Waals surface area contributed by atoms with Crippen LogP contribution in [0.15, 0.2) is 77.7 Å². The Morgan fingerprint density at radius 2 is 1.76 bits per heavy atom. The van der Waals surface area contributed by atoms with E-state index in [0.717, 1.165) is 16.9 Å². The Balaban J connectivity index is 1.54. The third-order valence-corrected chi connectivity index (χ3v) is 5.99. The highest BCUT2D eigenvalue weighted by atomic mass is 16.5. The van der Waals surface area contributed by atoms with Crippen molar-refractivity contribution in [1.29, 1.82) is 0 Å². The first-order valence-electron chi connectivity index (χ1n) is 10.5. The van der Waals surface area contributed by atoms with Gasteiger partial charge in [-0.15, -0.1) is 0 Å². The first-order valence-corrected chi connectivity index (χ1v) is 10.5. The Labute approximate surface area is 189 Å². The Hall–Kier alpha value is -4.17.